The van der Waals surface area contributed by atoms with E-state index in [1.807, 2.05) is 20.8 Å². The highest BCUT2D eigenvalue weighted by atomic mass is 32.2. The third-order valence-corrected chi connectivity index (χ3v) is 3.14. The Bertz CT molecular complexity index is 418. The van der Waals surface area contributed by atoms with Crippen LogP contribution in [0.15, 0.2) is 11.2 Å². The van der Waals surface area contributed by atoms with Gasteiger partial charge in [-0.05, 0) is 11.5 Å². The van der Waals surface area contributed by atoms with Gasteiger partial charge in [-0.25, -0.2) is 8.42 Å². The van der Waals surface area contributed by atoms with E-state index < -0.39 is 15.9 Å². The molecule has 0 amide bonds. The van der Waals surface area contributed by atoms with E-state index in [1.54, 1.807) is 0 Å². The Morgan fingerprint density at radius 3 is 2.22 bits per heavy atom. The van der Waals surface area contributed by atoms with Gasteiger partial charge in [-0.3, -0.25) is 4.79 Å². The molecule has 1 atom stereocenters. The second-order valence-electron chi connectivity index (χ2n) is 5.61. The summed E-state index contributed by atoms with van der Waals surface area (Å²) in [6.45, 7) is 5.88. The maximum Gasteiger partial charge on any atom is 0.208 e. The molecule has 0 radical (unpaired) electrons. The second-order valence-corrected chi connectivity index (χ2v) is 7.55. The number of Topliss-reactive ketones (excluding diaryl/α,β-unsaturated/α-hetero) is 1. The molecule has 0 rings (SSSR count). The molecule has 0 aliphatic carbocycles. The molecule has 0 saturated carbocycles. The molecule has 0 aromatic heterocycles. The number of ether oxygens (including phenoxy) is 1. The lowest BCUT2D eigenvalue weighted by Crippen LogP contribution is -2.25. The van der Waals surface area contributed by atoms with Crippen molar-refractivity contribution < 1.29 is 17.9 Å². The van der Waals surface area contributed by atoms with E-state index in [9.17, 15) is 13.2 Å². The van der Waals surface area contributed by atoms with Crippen LogP contribution in [0.5, 0.6) is 0 Å². The van der Waals surface area contributed by atoms with Crippen molar-refractivity contribution in [3.8, 4) is 0 Å². The standard InChI is InChI=1S/C12H23NO4S/c1-12(2,3)8-10(14)6-9(13)7-11(17-4)18(5,15)16/h7,9H,6,8,13H2,1-5H3/b11-7+/t9-/m0/s1. The minimum atomic E-state index is -3.43. The molecule has 0 heterocycles. The number of methoxy groups -OCH3 is 1. The summed E-state index contributed by atoms with van der Waals surface area (Å²) in [6.07, 6.45) is 2.83. The average molecular weight is 277 g/mol. The summed E-state index contributed by atoms with van der Waals surface area (Å²) in [7, 11) is -2.17. The molecule has 2 N–H and O–H groups in total. The Morgan fingerprint density at radius 2 is 1.89 bits per heavy atom. The molecule has 0 fully saturated rings. The van der Waals surface area contributed by atoms with Crippen molar-refractivity contribution >= 4 is 15.6 Å². The van der Waals surface area contributed by atoms with Crippen molar-refractivity contribution in [3.05, 3.63) is 11.2 Å². The molecule has 0 saturated heterocycles. The molecule has 0 unspecified atom stereocenters. The van der Waals surface area contributed by atoms with Gasteiger partial charge in [0.2, 0.25) is 14.9 Å². The first kappa shape index (κ1) is 17.1. The Hall–Kier alpha value is -0.880. The van der Waals surface area contributed by atoms with Crippen molar-refractivity contribution in [2.24, 2.45) is 11.1 Å². The number of carbonyl (C=O) groups is 1. The smallest absolute Gasteiger partial charge is 0.208 e. The first-order valence-electron chi connectivity index (χ1n) is 5.69. The van der Waals surface area contributed by atoms with Crippen LogP contribution in [0.3, 0.4) is 0 Å². The lowest BCUT2D eigenvalue weighted by atomic mass is 9.88. The lowest BCUT2D eigenvalue weighted by molar-refractivity contribution is -0.120. The van der Waals surface area contributed by atoms with Gasteiger partial charge in [-0.2, -0.15) is 0 Å². The molecular formula is C12H23NO4S. The van der Waals surface area contributed by atoms with E-state index >= 15 is 0 Å². The van der Waals surface area contributed by atoms with Gasteiger partial charge >= 0.3 is 0 Å². The summed E-state index contributed by atoms with van der Waals surface area (Å²) in [5.41, 5.74) is 5.63. The van der Waals surface area contributed by atoms with Crippen LogP contribution < -0.4 is 5.73 Å². The number of hydrogen-bond acceptors (Lipinski definition) is 5. The predicted molar refractivity (Wildman–Crippen MR) is 71.6 cm³/mol. The van der Waals surface area contributed by atoms with Crippen molar-refractivity contribution in [2.45, 2.75) is 39.7 Å². The van der Waals surface area contributed by atoms with Crippen LogP contribution in [0.1, 0.15) is 33.6 Å². The quantitative estimate of drug-likeness (QED) is 0.738. The maximum absolute atomic E-state index is 11.7. The number of carbonyl (C=O) groups excluding carboxylic acids is 1. The highest BCUT2D eigenvalue weighted by molar-refractivity contribution is 7.94. The number of sulfone groups is 1. The van der Waals surface area contributed by atoms with Gasteiger partial charge in [0.1, 0.15) is 5.78 Å². The summed E-state index contributed by atoms with van der Waals surface area (Å²) >= 11 is 0. The van der Waals surface area contributed by atoms with Gasteiger partial charge in [0.15, 0.2) is 0 Å². The normalized spacial score (nSPS) is 15.3. The first-order valence-corrected chi connectivity index (χ1v) is 7.58. The predicted octanol–water partition coefficient (Wildman–Crippen LogP) is 1.24. The van der Waals surface area contributed by atoms with Crippen LogP contribution in [0.4, 0.5) is 0 Å². The van der Waals surface area contributed by atoms with Crippen LogP contribution in [0.2, 0.25) is 0 Å². The van der Waals surface area contributed by atoms with Gasteiger partial charge in [-0.15, -0.1) is 0 Å². The minimum absolute atomic E-state index is 0.00945. The minimum Gasteiger partial charge on any atom is -0.487 e. The van der Waals surface area contributed by atoms with Gasteiger partial charge in [-0.1, -0.05) is 20.8 Å². The number of rotatable bonds is 6. The van der Waals surface area contributed by atoms with Gasteiger partial charge in [0.05, 0.1) is 7.11 Å². The molecule has 0 aliphatic rings. The third kappa shape index (κ3) is 7.45. The second kappa shape index (κ2) is 6.33. The van der Waals surface area contributed by atoms with Crippen LogP contribution in [0, 0.1) is 5.41 Å². The SMILES string of the molecule is CO/C(=C\[C@@H](N)CC(=O)CC(C)(C)C)S(C)(=O)=O. The molecule has 0 aromatic rings. The monoisotopic (exact) mass is 277 g/mol. The van der Waals surface area contributed by atoms with Crippen LogP contribution in [-0.4, -0.2) is 33.6 Å². The van der Waals surface area contributed by atoms with E-state index in [2.05, 4.69) is 0 Å². The van der Waals surface area contributed by atoms with Crippen molar-refractivity contribution in [1.82, 2.24) is 0 Å². The highest BCUT2D eigenvalue weighted by Gasteiger charge is 2.19. The van der Waals surface area contributed by atoms with Gasteiger partial charge in [0.25, 0.3) is 0 Å². The Labute approximate surface area is 109 Å². The van der Waals surface area contributed by atoms with E-state index in [4.69, 9.17) is 10.5 Å². The zero-order valence-electron chi connectivity index (χ0n) is 11.7. The fraction of sp³-hybridized carbons (Fsp3) is 0.750. The third-order valence-electron chi connectivity index (χ3n) is 2.11. The van der Waals surface area contributed by atoms with Crippen molar-refractivity contribution in [1.29, 1.82) is 0 Å². The molecule has 106 valence electrons. The topological polar surface area (TPSA) is 86.5 Å². The summed E-state index contributed by atoms with van der Waals surface area (Å²) in [4.78, 5) is 11.7. The summed E-state index contributed by atoms with van der Waals surface area (Å²) in [6, 6.07) is -0.649. The molecule has 0 bridgehead atoms. The first-order chi connectivity index (χ1) is 7.95. The van der Waals surface area contributed by atoms with Crippen molar-refractivity contribution in [3.63, 3.8) is 0 Å². The lowest BCUT2D eigenvalue weighted by Gasteiger charge is -2.17. The fourth-order valence-corrected chi connectivity index (χ4v) is 2.23. The van der Waals surface area contributed by atoms with Crippen LogP contribution in [0.25, 0.3) is 0 Å². The number of hydrogen-bond donors (Lipinski definition) is 1. The number of nitrogens with two attached hydrogens (primary N) is 1. The molecule has 0 aliphatic heterocycles. The maximum atomic E-state index is 11.7. The summed E-state index contributed by atoms with van der Waals surface area (Å²) < 4.78 is 27.3. The van der Waals surface area contributed by atoms with E-state index in [-0.39, 0.29) is 22.7 Å². The average Bonchev–Trinajstić information content (AvgIpc) is 2.08. The Kier molecular flexibility index (Phi) is 6.02. The van der Waals surface area contributed by atoms with Gasteiger partial charge in [0, 0.05) is 25.1 Å². The van der Waals surface area contributed by atoms with E-state index in [0.717, 1.165) is 6.26 Å². The molecule has 18 heavy (non-hydrogen) atoms. The van der Waals surface area contributed by atoms with E-state index in [1.165, 1.54) is 13.2 Å². The largest absolute Gasteiger partial charge is 0.487 e. The molecular weight excluding hydrogens is 254 g/mol. The zero-order chi connectivity index (χ0) is 14.6. The van der Waals surface area contributed by atoms with Gasteiger partial charge < -0.3 is 10.5 Å². The summed E-state index contributed by atoms with van der Waals surface area (Å²) in [5, 5.41) is -0.196. The van der Waals surface area contributed by atoms with Crippen molar-refractivity contribution in [2.75, 3.05) is 13.4 Å². The van der Waals surface area contributed by atoms with E-state index in [0.29, 0.717) is 6.42 Å². The molecule has 6 heteroatoms. The molecule has 0 aromatic carbocycles. The molecule has 0 spiro atoms. The van der Waals surface area contributed by atoms with Crippen LogP contribution in [-0.2, 0) is 19.4 Å². The Morgan fingerprint density at radius 1 is 1.39 bits per heavy atom. The van der Waals surface area contributed by atoms with Crippen LogP contribution >= 0.6 is 0 Å². The highest BCUT2D eigenvalue weighted by Crippen LogP contribution is 2.20. The zero-order valence-corrected chi connectivity index (χ0v) is 12.5. The molecule has 5 nitrogen and oxygen atoms in total. The summed E-state index contributed by atoms with van der Waals surface area (Å²) in [5.74, 6) is 0.00945. The number of ketones is 1. The Balaban J connectivity index is 4.65. The fourth-order valence-electron chi connectivity index (χ4n) is 1.50.